The average Bonchev–Trinajstić information content (AvgIpc) is 3.31. The zero-order valence-corrected chi connectivity index (χ0v) is 12.5. The van der Waals surface area contributed by atoms with E-state index in [4.69, 9.17) is 5.73 Å². The molecule has 1 saturated carbocycles. The number of aromatic nitrogens is 1. The number of anilines is 1. The highest BCUT2D eigenvalue weighted by molar-refractivity contribution is 5.74. The fourth-order valence-electron chi connectivity index (χ4n) is 2.64. The smallest absolute Gasteiger partial charge is 0.286 e. The Hall–Kier alpha value is -2.34. The van der Waals surface area contributed by atoms with Gasteiger partial charge in [-0.1, -0.05) is 38.1 Å². The Bertz CT molecular complexity index is 704. The van der Waals surface area contributed by atoms with Crippen molar-refractivity contribution < 1.29 is 4.98 Å². The number of nitriles is 1. The second-order valence-electron chi connectivity index (χ2n) is 6.09. The minimum absolute atomic E-state index is 0.477. The zero-order valence-electron chi connectivity index (χ0n) is 12.5. The normalized spacial score (nSPS) is 14.2. The maximum atomic E-state index is 9.40. The predicted octanol–water partition coefficient (Wildman–Crippen LogP) is 3.62. The summed E-state index contributed by atoms with van der Waals surface area (Å²) in [5.41, 5.74) is 11.0. The zero-order chi connectivity index (χ0) is 15.0. The quantitative estimate of drug-likeness (QED) is 0.931. The first-order valence-electron chi connectivity index (χ1n) is 7.46. The second kappa shape index (κ2) is 5.21. The molecule has 1 aliphatic rings. The standard InChI is InChI=1S/C18H19N3/c1-11(2)12-3-5-13(6-4-12)15-9-17(14-7-8-14)21-18(20)16(15)10-19/h3-6,9,11,14H,7-8H2,1-2H3,(H2,20,21)/p+1. The van der Waals surface area contributed by atoms with Crippen LogP contribution in [0.1, 0.15) is 55.3 Å². The van der Waals surface area contributed by atoms with Crippen LogP contribution in [0.4, 0.5) is 5.82 Å². The van der Waals surface area contributed by atoms with Crippen LogP contribution in [0.2, 0.25) is 0 Å². The number of nitrogen functional groups attached to an aromatic ring is 1. The number of hydrogen-bond acceptors (Lipinski definition) is 2. The van der Waals surface area contributed by atoms with Gasteiger partial charge in [-0.2, -0.15) is 5.26 Å². The molecule has 0 aliphatic heterocycles. The van der Waals surface area contributed by atoms with E-state index in [0.29, 0.717) is 23.2 Å². The summed E-state index contributed by atoms with van der Waals surface area (Å²) in [6.45, 7) is 4.35. The van der Waals surface area contributed by atoms with E-state index < -0.39 is 0 Å². The van der Waals surface area contributed by atoms with Crippen LogP contribution >= 0.6 is 0 Å². The predicted molar refractivity (Wildman–Crippen MR) is 83.6 cm³/mol. The van der Waals surface area contributed by atoms with Crippen molar-refractivity contribution in [3.63, 3.8) is 0 Å². The molecule has 0 atom stereocenters. The molecule has 2 aromatic rings. The number of aromatic amines is 1. The molecule has 1 aliphatic carbocycles. The lowest BCUT2D eigenvalue weighted by Gasteiger charge is -2.09. The Morgan fingerprint density at radius 3 is 2.43 bits per heavy atom. The Kier molecular flexibility index (Phi) is 3.39. The first kappa shape index (κ1) is 13.6. The Balaban J connectivity index is 2.09. The fraction of sp³-hybridized carbons (Fsp3) is 0.333. The highest BCUT2D eigenvalue weighted by Crippen LogP contribution is 2.40. The molecular weight excluding hydrogens is 258 g/mol. The lowest BCUT2D eigenvalue weighted by atomic mass is 9.96. The molecule has 0 bridgehead atoms. The molecule has 0 radical (unpaired) electrons. The molecule has 0 spiro atoms. The van der Waals surface area contributed by atoms with Crippen molar-refractivity contribution in [1.29, 1.82) is 5.26 Å². The van der Waals surface area contributed by atoms with Gasteiger partial charge < -0.3 is 0 Å². The molecular formula is C18H20N3+. The highest BCUT2D eigenvalue weighted by Gasteiger charge is 2.29. The van der Waals surface area contributed by atoms with E-state index in [9.17, 15) is 5.26 Å². The number of hydrogen-bond donors (Lipinski definition) is 1. The van der Waals surface area contributed by atoms with Gasteiger partial charge >= 0.3 is 0 Å². The number of benzene rings is 1. The molecule has 1 fully saturated rings. The molecule has 1 aromatic heterocycles. The topological polar surface area (TPSA) is 63.9 Å². The molecule has 3 rings (SSSR count). The molecule has 3 heteroatoms. The molecule has 21 heavy (non-hydrogen) atoms. The molecule has 1 aromatic carbocycles. The van der Waals surface area contributed by atoms with Gasteiger partial charge in [0.25, 0.3) is 5.82 Å². The van der Waals surface area contributed by atoms with E-state index in [1.807, 2.05) is 0 Å². The molecule has 106 valence electrons. The molecule has 3 N–H and O–H groups in total. The maximum Gasteiger partial charge on any atom is 0.289 e. The van der Waals surface area contributed by atoms with Crippen molar-refractivity contribution >= 4 is 5.82 Å². The van der Waals surface area contributed by atoms with Crippen molar-refractivity contribution in [2.75, 3.05) is 5.73 Å². The number of nitrogens with one attached hydrogen (secondary N) is 1. The summed E-state index contributed by atoms with van der Waals surface area (Å²) in [7, 11) is 0. The summed E-state index contributed by atoms with van der Waals surface area (Å²) in [4.78, 5) is 3.18. The fourth-order valence-corrected chi connectivity index (χ4v) is 2.64. The van der Waals surface area contributed by atoms with E-state index in [0.717, 1.165) is 16.8 Å². The van der Waals surface area contributed by atoms with Crippen molar-refractivity contribution in [2.24, 2.45) is 0 Å². The summed E-state index contributed by atoms with van der Waals surface area (Å²) in [6, 6.07) is 12.8. The van der Waals surface area contributed by atoms with E-state index in [-0.39, 0.29) is 0 Å². The van der Waals surface area contributed by atoms with Crippen molar-refractivity contribution in [3.05, 3.63) is 47.2 Å². The van der Waals surface area contributed by atoms with Gasteiger partial charge in [0.15, 0.2) is 0 Å². The summed E-state index contributed by atoms with van der Waals surface area (Å²) in [5.74, 6) is 1.56. The number of pyridine rings is 1. The molecule has 0 unspecified atom stereocenters. The van der Waals surface area contributed by atoms with E-state index in [1.54, 1.807) is 0 Å². The van der Waals surface area contributed by atoms with Gasteiger partial charge in [0.05, 0.1) is 0 Å². The number of nitrogens with two attached hydrogens (primary N) is 1. The van der Waals surface area contributed by atoms with Crippen LogP contribution in [0.25, 0.3) is 11.1 Å². The van der Waals surface area contributed by atoms with Crippen LogP contribution in [0.3, 0.4) is 0 Å². The Morgan fingerprint density at radius 1 is 1.24 bits per heavy atom. The molecule has 3 nitrogen and oxygen atoms in total. The van der Waals surface area contributed by atoms with Crippen molar-refractivity contribution in [2.45, 2.75) is 38.5 Å². The average molecular weight is 278 g/mol. The first-order chi connectivity index (χ1) is 10.1. The number of rotatable bonds is 3. The van der Waals surface area contributed by atoms with Crippen LogP contribution in [0.15, 0.2) is 30.3 Å². The molecule has 0 saturated heterocycles. The van der Waals surface area contributed by atoms with Gasteiger partial charge in [0.1, 0.15) is 17.3 Å². The van der Waals surface area contributed by atoms with Gasteiger partial charge in [-0.15, -0.1) is 0 Å². The summed E-state index contributed by atoms with van der Waals surface area (Å²) in [5, 5.41) is 9.40. The third-order valence-corrected chi connectivity index (χ3v) is 4.13. The van der Waals surface area contributed by atoms with E-state index in [2.05, 4.69) is 55.2 Å². The van der Waals surface area contributed by atoms with Gasteiger partial charge in [-0.05, 0) is 36.0 Å². The minimum Gasteiger partial charge on any atom is -0.286 e. The van der Waals surface area contributed by atoms with Crippen LogP contribution < -0.4 is 10.7 Å². The van der Waals surface area contributed by atoms with Crippen LogP contribution in [0.5, 0.6) is 0 Å². The highest BCUT2D eigenvalue weighted by atomic mass is 14.9. The second-order valence-corrected chi connectivity index (χ2v) is 6.09. The molecule has 0 amide bonds. The van der Waals surface area contributed by atoms with Crippen LogP contribution in [-0.2, 0) is 0 Å². The number of nitrogens with zero attached hydrogens (tertiary/aromatic N) is 1. The minimum atomic E-state index is 0.477. The first-order valence-corrected chi connectivity index (χ1v) is 7.46. The molecule has 1 heterocycles. The lowest BCUT2D eigenvalue weighted by Crippen LogP contribution is -2.18. The van der Waals surface area contributed by atoms with Gasteiger partial charge in [0.2, 0.25) is 0 Å². The third kappa shape index (κ3) is 2.62. The number of H-pyrrole nitrogens is 1. The van der Waals surface area contributed by atoms with E-state index in [1.165, 1.54) is 18.4 Å². The summed E-state index contributed by atoms with van der Waals surface area (Å²) in [6.07, 6.45) is 2.40. The van der Waals surface area contributed by atoms with Crippen LogP contribution in [-0.4, -0.2) is 0 Å². The lowest BCUT2D eigenvalue weighted by molar-refractivity contribution is -0.373. The summed E-state index contributed by atoms with van der Waals surface area (Å²) < 4.78 is 0. The maximum absolute atomic E-state index is 9.40. The van der Waals surface area contributed by atoms with Gasteiger partial charge in [-0.3, -0.25) is 5.73 Å². The SMILES string of the molecule is CC(C)c1ccc(-c2cc(C3CC3)[nH+]c(N)c2C#N)cc1. The third-order valence-electron chi connectivity index (χ3n) is 4.13. The Labute approximate surface area is 125 Å². The van der Waals surface area contributed by atoms with Crippen LogP contribution in [0, 0.1) is 11.3 Å². The van der Waals surface area contributed by atoms with E-state index >= 15 is 0 Å². The Morgan fingerprint density at radius 2 is 1.90 bits per heavy atom. The van der Waals surface area contributed by atoms with Crippen molar-refractivity contribution in [3.8, 4) is 17.2 Å². The van der Waals surface area contributed by atoms with Gasteiger partial charge in [-0.25, -0.2) is 4.98 Å². The summed E-state index contributed by atoms with van der Waals surface area (Å²) >= 11 is 0. The monoisotopic (exact) mass is 278 g/mol. The van der Waals surface area contributed by atoms with Crippen molar-refractivity contribution in [1.82, 2.24) is 0 Å². The van der Waals surface area contributed by atoms with Gasteiger partial charge in [0, 0.05) is 11.5 Å². The largest absolute Gasteiger partial charge is 0.289 e.